The molecule has 1 unspecified atom stereocenters. The average molecular weight is 456 g/mol. The highest BCUT2D eigenvalue weighted by Crippen LogP contribution is 2.31. The number of hydrogen-bond acceptors (Lipinski definition) is 5. The Labute approximate surface area is 193 Å². The first-order valence-corrected chi connectivity index (χ1v) is 11.3. The van der Waals surface area contributed by atoms with Crippen LogP contribution in [0.15, 0.2) is 98.7 Å². The third kappa shape index (κ3) is 3.87. The molecule has 5 rings (SSSR count). The minimum Gasteiger partial charge on any atom is -0.472 e. The Bertz CT molecular complexity index is 1540. The van der Waals surface area contributed by atoms with Crippen molar-refractivity contribution >= 4 is 29.0 Å². The van der Waals surface area contributed by atoms with E-state index in [4.69, 9.17) is 4.42 Å². The molecule has 0 bridgehead atoms. The lowest BCUT2D eigenvalue weighted by Crippen LogP contribution is -2.40. The van der Waals surface area contributed by atoms with E-state index in [9.17, 15) is 9.59 Å². The third-order valence-electron chi connectivity index (χ3n) is 5.62. The van der Waals surface area contributed by atoms with Crippen molar-refractivity contribution in [2.75, 3.05) is 5.32 Å². The number of nitrogens with zero attached hydrogens (tertiary/aromatic N) is 2. The van der Waals surface area contributed by atoms with E-state index in [0.717, 1.165) is 22.4 Å². The molecule has 3 heterocycles. The average Bonchev–Trinajstić information content (AvgIpc) is 3.43. The number of furan rings is 1. The molecule has 0 saturated carbocycles. The van der Waals surface area contributed by atoms with Crippen LogP contribution in [0.25, 0.3) is 6.08 Å². The Morgan fingerprint density at radius 2 is 1.85 bits per heavy atom. The van der Waals surface area contributed by atoms with Gasteiger partial charge in [0.15, 0.2) is 4.80 Å². The topological polar surface area (TPSA) is 76.6 Å². The van der Waals surface area contributed by atoms with Gasteiger partial charge in [0, 0.05) is 11.3 Å². The first-order valence-electron chi connectivity index (χ1n) is 10.5. The van der Waals surface area contributed by atoms with Crippen molar-refractivity contribution in [3.63, 3.8) is 0 Å². The second-order valence-electron chi connectivity index (χ2n) is 7.82. The van der Waals surface area contributed by atoms with Crippen molar-refractivity contribution in [1.29, 1.82) is 0 Å². The molecular formula is C26H21N3O3S. The fourth-order valence-electron chi connectivity index (χ4n) is 3.97. The molecule has 0 spiro atoms. The van der Waals surface area contributed by atoms with Gasteiger partial charge in [-0.3, -0.25) is 14.2 Å². The lowest BCUT2D eigenvalue weighted by atomic mass is 9.95. The molecule has 6 nitrogen and oxygen atoms in total. The fourth-order valence-corrected chi connectivity index (χ4v) is 5.02. The highest BCUT2D eigenvalue weighted by Gasteiger charge is 2.32. The number of fused-ring (bicyclic) bond motifs is 1. The number of allylic oxidation sites excluding steroid dienone is 1. The molecule has 1 aliphatic heterocycles. The number of aryl methyl sites for hydroxylation is 1. The van der Waals surface area contributed by atoms with Crippen molar-refractivity contribution in [2.45, 2.75) is 19.9 Å². The minimum atomic E-state index is -0.585. The van der Waals surface area contributed by atoms with Gasteiger partial charge in [0.05, 0.1) is 34.4 Å². The van der Waals surface area contributed by atoms with Gasteiger partial charge in [0.25, 0.3) is 11.5 Å². The SMILES string of the molecule is CC1=C(C(=O)Nc2ccccc2C)C(c2ccccc2)n2c(sc(=Cc3ccoc3)c2=O)=N1. The molecule has 1 N–H and O–H groups in total. The van der Waals surface area contributed by atoms with Crippen LogP contribution < -0.4 is 20.2 Å². The summed E-state index contributed by atoms with van der Waals surface area (Å²) in [6.07, 6.45) is 4.93. The fraction of sp³-hybridized carbons (Fsp3) is 0.115. The van der Waals surface area contributed by atoms with Crippen molar-refractivity contribution < 1.29 is 9.21 Å². The molecule has 0 fully saturated rings. The molecule has 0 aliphatic carbocycles. The molecular weight excluding hydrogens is 434 g/mol. The summed E-state index contributed by atoms with van der Waals surface area (Å²) in [6.45, 7) is 3.76. The van der Waals surface area contributed by atoms with Crippen LogP contribution in [0, 0.1) is 6.92 Å². The molecule has 2 aromatic heterocycles. The predicted molar refractivity (Wildman–Crippen MR) is 129 cm³/mol. The number of amides is 1. The van der Waals surface area contributed by atoms with Gasteiger partial charge in [-0.25, -0.2) is 4.99 Å². The van der Waals surface area contributed by atoms with Gasteiger partial charge >= 0.3 is 0 Å². The summed E-state index contributed by atoms with van der Waals surface area (Å²) >= 11 is 1.30. The lowest BCUT2D eigenvalue weighted by molar-refractivity contribution is -0.113. The van der Waals surface area contributed by atoms with Crippen LogP contribution >= 0.6 is 11.3 Å². The maximum absolute atomic E-state index is 13.5. The number of hydrogen-bond donors (Lipinski definition) is 1. The Balaban J connectivity index is 1.68. The van der Waals surface area contributed by atoms with Crippen molar-refractivity contribution in [3.8, 4) is 0 Å². The van der Waals surface area contributed by atoms with Crippen LogP contribution in [0.5, 0.6) is 0 Å². The quantitative estimate of drug-likeness (QED) is 0.509. The summed E-state index contributed by atoms with van der Waals surface area (Å²) in [4.78, 5) is 32.3. The molecule has 1 amide bonds. The van der Waals surface area contributed by atoms with E-state index in [2.05, 4.69) is 10.3 Å². The van der Waals surface area contributed by atoms with Gasteiger partial charge in [0.1, 0.15) is 0 Å². The Morgan fingerprint density at radius 1 is 1.09 bits per heavy atom. The number of carbonyl (C=O) groups excluding carboxylic acids is 1. The van der Waals surface area contributed by atoms with E-state index in [1.807, 2.05) is 68.4 Å². The Morgan fingerprint density at radius 3 is 2.58 bits per heavy atom. The number of thiazole rings is 1. The summed E-state index contributed by atoms with van der Waals surface area (Å²) in [5.41, 5.74) is 4.17. The molecule has 2 aromatic carbocycles. The molecule has 1 aliphatic rings. The van der Waals surface area contributed by atoms with Crippen LogP contribution in [-0.4, -0.2) is 10.5 Å². The minimum absolute atomic E-state index is 0.192. The molecule has 7 heteroatoms. The van der Waals surface area contributed by atoms with Crippen molar-refractivity contribution in [1.82, 2.24) is 4.57 Å². The first kappa shape index (κ1) is 20.9. The summed E-state index contributed by atoms with van der Waals surface area (Å²) in [6, 6.07) is 18.4. The monoisotopic (exact) mass is 455 g/mol. The number of aromatic nitrogens is 1. The van der Waals surface area contributed by atoms with Gasteiger partial charge in [-0.2, -0.15) is 0 Å². The third-order valence-corrected chi connectivity index (χ3v) is 6.60. The molecule has 164 valence electrons. The zero-order valence-electron chi connectivity index (χ0n) is 18.1. The van der Waals surface area contributed by atoms with E-state index in [-0.39, 0.29) is 11.5 Å². The van der Waals surface area contributed by atoms with E-state index in [1.54, 1.807) is 29.2 Å². The largest absolute Gasteiger partial charge is 0.472 e. The second kappa shape index (κ2) is 8.52. The summed E-state index contributed by atoms with van der Waals surface area (Å²) < 4.78 is 7.28. The smallest absolute Gasteiger partial charge is 0.271 e. The van der Waals surface area contributed by atoms with E-state index in [0.29, 0.717) is 20.6 Å². The maximum atomic E-state index is 13.5. The van der Waals surface area contributed by atoms with Crippen molar-refractivity contribution in [3.05, 3.63) is 121 Å². The summed E-state index contributed by atoms with van der Waals surface area (Å²) in [5, 5.41) is 3.01. The molecule has 0 saturated heterocycles. The normalized spacial score (nSPS) is 15.8. The van der Waals surface area contributed by atoms with Gasteiger partial charge in [0.2, 0.25) is 0 Å². The van der Waals surface area contributed by atoms with E-state index in [1.165, 1.54) is 11.3 Å². The summed E-state index contributed by atoms with van der Waals surface area (Å²) in [7, 11) is 0. The van der Waals surface area contributed by atoms with Crippen LogP contribution in [0.3, 0.4) is 0 Å². The number of rotatable bonds is 4. The van der Waals surface area contributed by atoms with Gasteiger partial charge in [-0.1, -0.05) is 59.9 Å². The lowest BCUT2D eigenvalue weighted by Gasteiger charge is -2.25. The molecule has 0 radical (unpaired) electrons. The van der Waals surface area contributed by atoms with Crippen LogP contribution in [0.2, 0.25) is 0 Å². The van der Waals surface area contributed by atoms with E-state index < -0.39 is 6.04 Å². The molecule has 4 aromatic rings. The number of nitrogens with one attached hydrogen (secondary N) is 1. The number of anilines is 1. The highest BCUT2D eigenvalue weighted by molar-refractivity contribution is 7.07. The standard InChI is InChI=1S/C26H21N3O3S/c1-16-8-6-7-11-20(16)28-24(30)22-17(2)27-26-29(23(22)19-9-4-3-5-10-19)25(31)21(33-26)14-18-12-13-32-15-18/h3-15,23H,1-2H3,(H,28,30). The molecule has 1 atom stereocenters. The van der Waals surface area contributed by atoms with Gasteiger partial charge in [-0.15, -0.1) is 0 Å². The van der Waals surface area contributed by atoms with Crippen LogP contribution in [0.4, 0.5) is 5.69 Å². The van der Waals surface area contributed by atoms with Crippen molar-refractivity contribution in [2.24, 2.45) is 4.99 Å². The van der Waals surface area contributed by atoms with Crippen LogP contribution in [0.1, 0.15) is 29.7 Å². The van der Waals surface area contributed by atoms with Gasteiger partial charge < -0.3 is 9.73 Å². The zero-order chi connectivity index (χ0) is 22.9. The second-order valence-corrected chi connectivity index (χ2v) is 8.83. The number of para-hydroxylation sites is 1. The molecule has 33 heavy (non-hydrogen) atoms. The Kier molecular flexibility index (Phi) is 5.40. The summed E-state index contributed by atoms with van der Waals surface area (Å²) in [5.74, 6) is -0.275. The predicted octanol–water partition coefficient (Wildman–Crippen LogP) is 3.78. The zero-order valence-corrected chi connectivity index (χ0v) is 18.9. The van der Waals surface area contributed by atoms with Crippen LogP contribution in [-0.2, 0) is 4.79 Å². The highest BCUT2D eigenvalue weighted by atomic mass is 32.1. The number of carbonyl (C=O) groups is 1. The maximum Gasteiger partial charge on any atom is 0.271 e. The van der Waals surface area contributed by atoms with Gasteiger partial charge in [-0.05, 0) is 43.2 Å². The first-order chi connectivity index (χ1) is 16.0. The Hall–Kier alpha value is -3.97. The number of benzene rings is 2. The van der Waals surface area contributed by atoms with E-state index >= 15 is 0 Å².